The first kappa shape index (κ1) is 7.92. The van der Waals surface area contributed by atoms with E-state index in [0.717, 1.165) is 12.8 Å². The monoisotopic (exact) mass is 117 g/mol. The summed E-state index contributed by atoms with van der Waals surface area (Å²) < 4.78 is 0. The predicted octanol–water partition coefficient (Wildman–Crippen LogP) is 0.201. The van der Waals surface area contributed by atoms with Crippen molar-refractivity contribution < 1.29 is 10.2 Å². The van der Waals surface area contributed by atoms with Gasteiger partial charge in [0.1, 0.15) is 0 Å². The molecule has 49 valence electrons. The van der Waals surface area contributed by atoms with E-state index in [0.29, 0.717) is 0 Å². The van der Waals surface area contributed by atoms with Gasteiger partial charge >= 0.3 is 0 Å². The summed E-state index contributed by atoms with van der Waals surface area (Å²) in [5.41, 5.74) is 0. The van der Waals surface area contributed by atoms with Gasteiger partial charge in [-0.2, -0.15) is 0 Å². The van der Waals surface area contributed by atoms with Crippen molar-refractivity contribution in [3.05, 3.63) is 6.92 Å². The summed E-state index contributed by atoms with van der Waals surface area (Å²) in [5.74, 6) is 0.0992. The van der Waals surface area contributed by atoms with Gasteiger partial charge in [-0.25, -0.2) is 0 Å². The minimum Gasteiger partial charge on any atom is -0.396 e. The van der Waals surface area contributed by atoms with Crippen molar-refractivity contribution in [1.29, 1.82) is 0 Å². The maximum Gasteiger partial charge on any atom is 0.0459 e. The van der Waals surface area contributed by atoms with Crippen LogP contribution in [0.1, 0.15) is 12.8 Å². The summed E-state index contributed by atoms with van der Waals surface area (Å²) in [6, 6.07) is 0. The van der Waals surface area contributed by atoms with E-state index in [9.17, 15) is 0 Å². The molecule has 1 unspecified atom stereocenters. The van der Waals surface area contributed by atoms with Crippen molar-refractivity contribution in [1.82, 2.24) is 0 Å². The molecular weight excluding hydrogens is 104 g/mol. The third kappa shape index (κ3) is 4.09. The van der Waals surface area contributed by atoms with Crippen LogP contribution in [0.2, 0.25) is 0 Å². The van der Waals surface area contributed by atoms with Gasteiger partial charge in [0.05, 0.1) is 0 Å². The zero-order valence-electron chi connectivity index (χ0n) is 5.01. The van der Waals surface area contributed by atoms with Crippen LogP contribution in [-0.4, -0.2) is 23.4 Å². The highest BCUT2D eigenvalue weighted by Crippen LogP contribution is 2.01. The van der Waals surface area contributed by atoms with E-state index in [1.807, 2.05) is 0 Å². The summed E-state index contributed by atoms with van der Waals surface area (Å²) in [6.07, 6.45) is 1.56. The topological polar surface area (TPSA) is 40.5 Å². The van der Waals surface area contributed by atoms with Crippen molar-refractivity contribution in [2.45, 2.75) is 12.8 Å². The predicted molar refractivity (Wildman–Crippen MR) is 32.3 cm³/mol. The fraction of sp³-hybridized carbons (Fsp3) is 0.833. The third-order valence-electron chi connectivity index (χ3n) is 1.03. The maximum absolute atomic E-state index is 8.42. The second-order valence-corrected chi connectivity index (χ2v) is 1.91. The number of aliphatic hydroxyl groups is 2. The molecule has 0 fully saturated rings. The van der Waals surface area contributed by atoms with Gasteiger partial charge in [-0.1, -0.05) is 0 Å². The molecule has 0 aliphatic carbocycles. The Morgan fingerprint density at radius 2 is 2.00 bits per heavy atom. The quantitative estimate of drug-likeness (QED) is 0.552. The van der Waals surface area contributed by atoms with Gasteiger partial charge in [0.2, 0.25) is 0 Å². The van der Waals surface area contributed by atoms with E-state index < -0.39 is 0 Å². The minimum atomic E-state index is 0.0992. The molecule has 2 heteroatoms. The largest absolute Gasteiger partial charge is 0.396 e. The average molecular weight is 117 g/mol. The van der Waals surface area contributed by atoms with Crippen LogP contribution in [-0.2, 0) is 0 Å². The molecular formula is C6H13O2. The van der Waals surface area contributed by atoms with Crippen LogP contribution in [0.3, 0.4) is 0 Å². The second kappa shape index (κ2) is 5.06. The van der Waals surface area contributed by atoms with Gasteiger partial charge in [0.25, 0.3) is 0 Å². The van der Waals surface area contributed by atoms with Gasteiger partial charge in [-0.05, 0) is 25.7 Å². The Hall–Kier alpha value is -0.0800. The van der Waals surface area contributed by atoms with Gasteiger partial charge in [-0.3, -0.25) is 0 Å². The highest BCUT2D eigenvalue weighted by Gasteiger charge is 1.96. The Kier molecular flexibility index (Phi) is 5.01. The summed E-state index contributed by atoms with van der Waals surface area (Å²) >= 11 is 0. The summed E-state index contributed by atoms with van der Waals surface area (Å²) in [5, 5.41) is 16.7. The molecule has 2 N–H and O–H groups in total. The van der Waals surface area contributed by atoms with Crippen LogP contribution < -0.4 is 0 Å². The van der Waals surface area contributed by atoms with Crippen molar-refractivity contribution in [2.24, 2.45) is 5.92 Å². The smallest absolute Gasteiger partial charge is 0.0459 e. The lowest BCUT2D eigenvalue weighted by atomic mass is 10.1. The molecule has 0 aromatic heterocycles. The lowest BCUT2D eigenvalue weighted by Crippen LogP contribution is -2.01. The molecule has 0 rings (SSSR count). The Morgan fingerprint density at radius 3 is 2.38 bits per heavy atom. The van der Waals surface area contributed by atoms with Crippen molar-refractivity contribution in [2.75, 3.05) is 13.2 Å². The first-order chi connectivity index (χ1) is 3.81. The van der Waals surface area contributed by atoms with Crippen LogP contribution in [0.25, 0.3) is 0 Å². The summed E-state index contributed by atoms with van der Waals surface area (Å²) in [6.45, 7) is 3.96. The number of hydrogen-bond acceptors (Lipinski definition) is 2. The fourth-order valence-electron chi connectivity index (χ4n) is 0.471. The number of hydrogen-bond donors (Lipinski definition) is 2. The molecule has 0 heterocycles. The van der Waals surface area contributed by atoms with Gasteiger partial charge in [0, 0.05) is 13.2 Å². The summed E-state index contributed by atoms with van der Waals surface area (Å²) in [7, 11) is 0. The lowest BCUT2D eigenvalue weighted by molar-refractivity contribution is 0.224. The molecule has 0 aliphatic rings. The fourth-order valence-corrected chi connectivity index (χ4v) is 0.471. The third-order valence-corrected chi connectivity index (χ3v) is 1.03. The lowest BCUT2D eigenvalue weighted by Gasteiger charge is -2.03. The number of rotatable bonds is 4. The first-order valence-electron chi connectivity index (χ1n) is 2.86. The van der Waals surface area contributed by atoms with Crippen LogP contribution in [0, 0.1) is 12.8 Å². The molecule has 0 aromatic carbocycles. The molecule has 2 nitrogen and oxygen atoms in total. The zero-order valence-corrected chi connectivity index (χ0v) is 5.01. The van der Waals surface area contributed by atoms with E-state index in [4.69, 9.17) is 10.2 Å². The second-order valence-electron chi connectivity index (χ2n) is 1.91. The molecule has 0 spiro atoms. The van der Waals surface area contributed by atoms with Gasteiger partial charge in [0.15, 0.2) is 0 Å². The zero-order chi connectivity index (χ0) is 6.41. The highest BCUT2D eigenvalue weighted by atomic mass is 16.3. The SMILES string of the molecule is [CH2]C(CO)CCCO. The Bertz CT molecular complexity index is 45.8. The van der Waals surface area contributed by atoms with Crippen molar-refractivity contribution in [3.63, 3.8) is 0 Å². The van der Waals surface area contributed by atoms with Gasteiger partial charge < -0.3 is 10.2 Å². The van der Waals surface area contributed by atoms with Crippen molar-refractivity contribution >= 4 is 0 Å². The Morgan fingerprint density at radius 1 is 1.38 bits per heavy atom. The molecule has 1 radical (unpaired) electrons. The summed E-state index contributed by atoms with van der Waals surface area (Å²) in [4.78, 5) is 0. The van der Waals surface area contributed by atoms with E-state index in [2.05, 4.69) is 6.92 Å². The molecule has 0 saturated heterocycles. The molecule has 0 aromatic rings. The van der Waals surface area contributed by atoms with E-state index in [-0.39, 0.29) is 19.1 Å². The Labute approximate surface area is 50.2 Å². The highest BCUT2D eigenvalue weighted by molar-refractivity contribution is 4.57. The van der Waals surface area contributed by atoms with Crippen LogP contribution in [0.15, 0.2) is 0 Å². The van der Waals surface area contributed by atoms with Crippen molar-refractivity contribution in [3.8, 4) is 0 Å². The molecule has 0 saturated carbocycles. The Balaban J connectivity index is 2.86. The van der Waals surface area contributed by atoms with Gasteiger partial charge in [-0.15, -0.1) is 0 Å². The van der Waals surface area contributed by atoms with E-state index >= 15 is 0 Å². The van der Waals surface area contributed by atoms with E-state index in [1.54, 1.807) is 0 Å². The average Bonchev–Trinajstić information content (AvgIpc) is 1.83. The number of aliphatic hydroxyl groups excluding tert-OH is 2. The maximum atomic E-state index is 8.42. The molecule has 0 amide bonds. The van der Waals surface area contributed by atoms with Crippen LogP contribution >= 0.6 is 0 Å². The molecule has 0 bridgehead atoms. The first-order valence-corrected chi connectivity index (χ1v) is 2.86. The minimum absolute atomic E-state index is 0.0992. The molecule has 8 heavy (non-hydrogen) atoms. The van der Waals surface area contributed by atoms with Crippen LogP contribution in [0.4, 0.5) is 0 Å². The molecule has 1 atom stereocenters. The standard InChI is InChI=1S/C6H13O2/c1-6(5-8)3-2-4-7/h6-8H,1-5H2. The van der Waals surface area contributed by atoms with Crippen LogP contribution in [0.5, 0.6) is 0 Å². The van der Waals surface area contributed by atoms with E-state index in [1.165, 1.54) is 0 Å². The molecule has 0 aliphatic heterocycles. The normalized spacial score (nSPS) is 13.9.